The Kier molecular flexibility index (Phi) is 4.75. The van der Waals surface area contributed by atoms with Crippen LogP contribution >= 0.6 is 11.6 Å². The minimum absolute atomic E-state index is 0.0266. The molecule has 3 heteroatoms. The van der Waals surface area contributed by atoms with Crippen molar-refractivity contribution in [2.24, 2.45) is 0 Å². The van der Waals surface area contributed by atoms with E-state index in [0.717, 1.165) is 23.4 Å². The van der Waals surface area contributed by atoms with E-state index in [2.05, 4.69) is 18.2 Å². The van der Waals surface area contributed by atoms with Gasteiger partial charge in [-0.15, -0.1) is 0 Å². The maximum Gasteiger partial charge on any atom is 0.165 e. The van der Waals surface area contributed by atoms with Crippen LogP contribution in [-0.4, -0.2) is 0 Å². The summed E-state index contributed by atoms with van der Waals surface area (Å²) < 4.78 is 20.1. The Morgan fingerprint density at radius 2 is 1.70 bits per heavy atom. The highest BCUT2D eigenvalue weighted by Gasteiger charge is 2.47. The third kappa shape index (κ3) is 3.50. The monoisotopic (exact) mass is 378 g/mol. The van der Waals surface area contributed by atoms with Crippen molar-refractivity contribution in [2.45, 2.75) is 25.2 Å². The molecular formula is C24H20ClFO. The number of hydrogen-bond acceptors (Lipinski definition) is 1. The predicted octanol–water partition coefficient (Wildman–Crippen LogP) is 7.41. The summed E-state index contributed by atoms with van der Waals surface area (Å²) in [5.74, 6) is 0.494. The third-order valence-electron chi connectivity index (χ3n) is 5.16. The van der Waals surface area contributed by atoms with Gasteiger partial charge in [0, 0.05) is 10.4 Å². The van der Waals surface area contributed by atoms with Crippen molar-refractivity contribution < 1.29 is 9.13 Å². The summed E-state index contributed by atoms with van der Waals surface area (Å²) in [6.45, 7) is 2.03. The predicted molar refractivity (Wildman–Crippen MR) is 109 cm³/mol. The van der Waals surface area contributed by atoms with Crippen molar-refractivity contribution in [2.75, 3.05) is 0 Å². The summed E-state index contributed by atoms with van der Waals surface area (Å²) >= 11 is 6.06. The Hall–Kier alpha value is -2.58. The molecule has 0 unspecified atom stereocenters. The van der Waals surface area contributed by atoms with Gasteiger partial charge in [0.05, 0.1) is 0 Å². The quantitative estimate of drug-likeness (QED) is 0.449. The summed E-state index contributed by atoms with van der Waals surface area (Å²) in [6, 6.07) is 22.4. The van der Waals surface area contributed by atoms with Crippen molar-refractivity contribution >= 4 is 17.2 Å². The Morgan fingerprint density at radius 1 is 1.00 bits per heavy atom. The van der Waals surface area contributed by atoms with Crippen LogP contribution in [0.4, 0.5) is 4.39 Å². The number of ether oxygens (including phenoxy) is 1. The SMILES string of the molecule is C/C=C(\c1ccc(F)c(Oc2ccccc2)c1)C1(c2ccc(Cl)cc2)CC1. The summed E-state index contributed by atoms with van der Waals surface area (Å²) in [4.78, 5) is 0. The normalized spacial score (nSPS) is 15.4. The van der Waals surface area contributed by atoms with E-state index in [9.17, 15) is 4.39 Å². The molecule has 1 nitrogen and oxygen atoms in total. The van der Waals surface area contributed by atoms with Crippen LogP contribution in [0.3, 0.4) is 0 Å². The second-order valence-electron chi connectivity index (χ2n) is 6.85. The summed E-state index contributed by atoms with van der Waals surface area (Å²) in [5.41, 5.74) is 3.40. The minimum Gasteiger partial charge on any atom is -0.454 e. The zero-order valence-corrected chi connectivity index (χ0v) is 15.8. The van der Waals surface area contributed by atoms with Crippen LogP contribution < -0.4 is 4.74 Å². The van der Waals surface area contributed by atoms with Crippen LogP contribution in [-0.2, 0) is 5.41 Å². The van der Waals surface area contributed by atoms with E-state index in [1.807, 2.05) is 55.5 Å². The van der Waals surface area contributed by atoms with Gasteiger partial charge < -0.3 is 4.74 Å². The second kappa shape index (κ2) is 7.21. The maximum absolute atomic E-state index is 14.3. The van der Waals surface area contributed by atoms with Gasteiger partial charge in [-0.2, -0.15) is 0 Å². The number of para-hydroxylation sites is 1. The fraction of sp³-hybridized carbons (Fsp3) is 0.167. The van der Waals surface area contributed by atoms with Crippen LogP contribution in [0.2, 0.25) is 5.02 Å². The van der Waals surface area contributed by atoms with Gasteiger partial charge in [0.1, 0.15) is 5.75 Å². The first-order valence-corrected chi connectivity index (χ1v) is 9.46. The van der Waals surface area contributed by atoms with Crippen molar-refractivity contribution in [3.63, 3.8) is 0 Å². The zero-order valence-electron chi connectivity index (χ0n) is 15.1. The lowest BCUT2D eigenvalue weighted by atomic mass is 9.83. The highest BCUT2D eigenvalue weighted by molar-refractivity contribution is 6.30. The number of allylic oxidation sites excluding steroid dienone is 2. The number of benzene rings is 3. The summed E-state index contributed by atoms with van der Waals surface area (Å²) in [7, 11) is 0. The Balaban J connectivity index is 1.69. The Labute approximate surface area is 164 Å². The van der Waals surface area contributed by atoms with Gasteiger partial charge in [-0.3, -0.25) is 0 Å². The molecule has 0 radical (unpaired) electrons. The maximum atomic E-state index is 14.3. The van der Waals surface area contributed by atoms with Gasteiger partial charge in [-0.25, -0.2) is 4.39 Å². The molecule has 0 aromatic heterocycles. The molecule has 1 aliphatic carbocycles. The molecule has 1 aliphatic rings. The summed E-state index contributed by atoms with van der Waals surface area (Å²) in [5, 5.41) is 0.733. The second-order valence-corrected chi connectivity index (χ2v) is 7.29. The van der Waals surface area contributed by atoms with Gasteiger partial charge in [0.15, 0.2) is 11.6 Å². The Bertz CT molecular complexity index is 973. The minimum atomic E-state index is -0.366. The molecule has 0 heterocycles. The molecule has 4 rings (SSSR count). The van der Waals surface area contributed by atoms with Gasteiger partial charge in [-0.1, -0.05) is 54.1 Å². The first-order valence-electron chi connectivity index (χ1n) is 9.08. The lowest BCUT2D eigenvalue weighted by Gasteiger charge is -2.21. The average Bonchev–Trinajstić information content (AvgIpc) is 3.48. The van der Waals surface area contributed by atoms with Gasteiger partial charge in [0.25, 0.3) is 0 Å². The summed E-state index contributed by atoms with van der Waals surface area (Å²) in [6.07, 6.45) is 4.27. The molecule has 3 aromatic rings. The highest BCUT2D eigenvalue weighted by atomic mass is 35.5. The van der Waals surface area contributed by atoms with Crippen molar-refractivity contribution in [3.05, 3.63) is 101 Å². The highest BCUT2D eigenvalue weighted by Crippen LogP contribution is 2.57. The molecule has 0 aliphatic heterocycles. The number of halogens is 2. The largest absolute Gasteiger partial charge is 0.454 e. The lowest BCUT2D eigenvalue weighted by molar-refractivity contribution is 0.442. The van der Waals surface area contributed by atoms with E-state index in [0.29, 0.717) is 5.75 Å². The van der Waals surface area contributed by atoms with E-state index in [-0.39, 0.29) is 17.0 Å². The molecular weight excluding hydrogens is 359 g/mol. The van der Waals surface area contributed by atoms with Crippen LogP contribution in [0.5, 0.6) is 11.5 Å². The van der Waals surface area contributed by atoms with Crippen LogP contribution in [0.1, 0.15) is 30.9 Å². The number of rotatable bonds is 5. The van der Waals surface area contributed by atoms with Crippen LogP contribution in [0.25, 0.3) is 5.57 Å². The lowest BCUT2D eigenvalue weighted by Crippen LogP contribution is -2.10. The van der Waals surface area contributed by atoms with Crippen molar-refractivity contribution in [1.29, 1.82) is 0 Å². The first kappa shape index (κ1) is 17.8. The molecule has 27 heavy (non-hydrogen) atoms. The van der Waals surface area contributed by atoms with Crippen LogP contribution in [0.15, 0.2) is 78.9 Å². The molecule has 0 atom stereocenters. The molecule has 136 valence electrons. The molecule has 1 saturated carbocycles. The smallest absolute Gasteiger partial charge is 0.165 e. The van der Waals surface area contributed by atoms with E-state index < -0.39 is 0 Å². The van der Waals surface area contributed by atoms with E-state index >= 15 is 0 Å². The third-order valence-corrected chi connectivity index (χ3v) is 5.42. The molecule has 0 amide bonds. The van der Waals surface area contributed by atoms with Crippen molar-refractivity contribution in [1.82, 2.24) is 0 Å². The number of hydrogen-bond donors (Lipinski definition) is 0. The van der Waals surface area contributed by atoms with Gasteiger partial charge >= 0.3 is 0 Å². The molecule has 0 N–H and O–H groups in total. The first-order chi connectivity index (χ1) is 13.1. The van der Waals surface area contributed by atoms with E-state index in [1.165, 1.54) is 17.2 Å². The van der Waals surface area contributed by atoms with E-state index in [1.54, 1.807) is 6.07 Å². The topological polar surface area (TPSA) is 9.23 Å². The standard InChI is InChI=1S/C24H20ClFO/c1-2-21(24(14-15-24)18-9-11-19(25)12-10-18)17-8-13-22(26)23(16-17)27-20-6-4-3-5-7-20/h2-13,16H,14-15H2,1H3/b21-2+. The zero-order chi connectivity index (χ0) is 18.9. The Morgan fingerprint density at radius 3 is 2.33 bits per heavy atom. The molecule has 1 fully saturated rings. The fourth-order valence-electron chi connectivity index (χ4n) is 3.69. The van der Waals surface area contributed by atoms with Crippen molar-refractivity contribution in [3.8, 4) is 11.5 Å². The molecule has 3 aromatic carbocycles. The van der Waals surface area contributed by atoms with E-state index in [4.69, 9.17) is 16.3 Å². The fourth-order valence-corrected chi connectivity index (χ4v) is 3.82. The molecule has 0 spiro atoms. The molecule has 0 bridgehead atoms. The van der Waals surface area contributed by atoms with Crippen LogP contribution in [0, 0.1) is 5.82 Å². The molecule has 0 saturated heterocycles. The van der Waals surface area contributed by atoms with Gasteiger partial charge in [0.2, 0.25) is 0 Å². The van der Waals surface area contributed by atoms with Gasteiger partial charge in [-0.05, 0) is 72.9 Å². The average molecular weight is 379 g/mol.